The summed E-state index contributed by atoms with van der Waals surface area (Å²) >= 11 is 0. The first kappa shape index (κ1) is 52.6. The van der Waals surface area contributed by atoms with Gasteiger partial charge in [-0.1, -0.05) is 78.9 Å². The van der Waals surface area contributed by atoms with E-state index >= 15 is 25.3 Å². The summed E-state index contributed by atoms with van der Waals surface area (Å²) in [6, 6.07) is 29.5. The van der Waals surface area contributed by atoms with Crippen LogP contribution in [-0.4, -0.2) is 54.1 Å². The minimum Gasteiger partial charge on any atom is -0.501 e. The second kappa shape index (κ2) is 19.6. The van der Waals surface area contributed by atoms with E-state index in [4.69, 9.17) is 16.7 Å². The summed E-state index contributed by atoms with van der Waals surface area (Å²) < 4.78 is 144. The van der Waals surface area contributed by atoms with Gasteiger partial charge in [0.15, 0.2) is 31.4 Å². The Morgan fingerprint density at radius 3 is 0.938 bits per heavy atom. The molecular formula is C52H30N8O16S4+4. The Kier molecular flexibility index (Phi) is 12.9. The van der Waals surface area contributed by atoms with Crippen molar-refractivity contribution in [3.8, 4) is 57.1 Å². The third kappa shape index (κ3) is 8.95. The molecule has 394 valence electrons. The van der Waals surface area contributed by atoms with Gasteiger partial charge >= 0.3 is 63.2 Å². The fourth-order valence-corrected chi connectivity index (χ4v) is 13.4. The first-order valence-electron chi connectivity index (χ1n) is 22.6. The maximum Gasteiger partial charge on any atom is 0.426 e. The molecule has 0 atom stereocenters. The van der Waals surface area contributed by atoms with E-state index in [0.717, 1.165) is 103 Å². The fraction of sp³-hybridized carbons (Fsp3) is 0. The highest BCUT2D eigenvalue weighted by molar-refractivity contribution is 7.88. The van der Waals surface area contributed by atoms with Gasteiger partial charge in [-0.05, 0) is 60.2 Å². The molecule has 0 bridgehead atoms. The van der Waals surface area contributed by atoms with Crippen molar-refractivity contribution in [1.29, 1.82) is 21.6 Å². The number of hydrogen-bond acceptors (Lipinski definition) is 20. The van der Waals surface area contributed by atoms with Crippen LogP contribution in [0.5, 0.6) is 46.0 Å². The molecule has 4 N–H and O–H groups in total. The Labute approximate surface area is 450 Å². The number of phenols is 4. The lowest BCUT2D eigenvalue weighted by atomic mass is 10.0. The number of benzene rings is 10. The van der Waals surface area contributed by atoms with E-state index in [2.05, 4.69) is 19.9 Å². The van der Waals surface area contributed by atoms with Gasteiger partial charge in [-0.3, -0.25) is 0 Å². The Hall–Kier alpha value is -10.9. The summed E-state index contributed by atoms with van der Waals surface area (Å²) in [6.45, 7) is 0. The summed E-state index contributed by atoms with van der Waals surface area (Å²) in [7, 11) is -22.3. The van der Waals surface area contributed by atoms with Gasteiger partial charge in [0.25, 0.3) is 0 Å². The maximum absolute atomic E-state index is 15.2. The zero-order chi connectivity index (χ0) is 57.1. The van der Waals surface area contributed by atoms with Gasteiger partial charge in [0.1, 0.15) is 19.6 Å². The molecule has 28 heteroatoms. The molecule has 10 aromatic rings. The van der Waals surface area contributed by atoms with Crippen LogP contribution in [-0.2, 0) is 40.5 Å². The average Bonchev–Trinajstić information content (AvgIpc) is 3.55. The van der Waals surface area contributed by atoms with Gasteiger partial charge in [0.2, 0.25) is 56.1 Å². The summed E-state index contributed by atoms with van der Waals surface area (Å²) in [6.07, 6.45) is 0. The second-order valence-corrected chi connectivity index (χ2v) is 23.0. The zero-order valence-electron chi connectivity index (χ0n) is 39.9. The zero-order valence-corrected chi connectivity index (χ0v) is 43.2. The van der Waals surface area contributed by atoms with Crippen LogP contribution in [0.4, 0.5) is 22.7 Å². The fourth-order valence-electron chi connectivity index (χ4n) is 8.76. The van der Waals surface area contributed by atoms with Crippen molar-refractivity contribution >= 4 is 106 Å². The van der Waals surface area contributed by atoms with Crippen LogP contribution in [0.3, 0.4) is 0 Å². The molecule has 0 radical (unpaired) electrons. The third-order valence-corrected chi connectivity index (χ3v) is 17.6. The van der Waals surface area contributed by atoms with E-state index in [1.807, 2.05) is 0 Å². The first-order valence-corrected chi connectivity index (χ1v) is 28.2. The number of hydrogen-bond donors (Lipinski definition) is 4. The monoisotopic (exact) mass is 1150 g/mol. The molecule has 0 aromatic heterocycles. The van der Waals surface area contributed by atoms with Crippen molar-refractivity contribution in [3.63, 3.8) is 0 Å². The summed E-state index contributed by atoms with van der Waals surface area (Å²) in [5.41, 5.74) is -2.31. The summed E-state index contributed by atoms with van der Waals surface area (Å²) in [5, 5.41) is 79.9. The lowest BCUT2D eigenvalue weighted by Crippen LogP contribution is -2.19. The van der Waals surface area contributed by atoms with Crippen molar-refractivity contribution < 1.29 is 70.8 Å². The quantitative estimate of drug-likeness (QED) is 0.0615. The number of rotatable bonds is 13. The lowest BCUT2D eigenvalue weighted by Gasteiger charge is -2.22. The van der Waals surface area contributed by atoms with Gasteiger partial charge in [-0.25, -0.2) is 0 Å². The summed E-state index contributed by atoms with van der Waals surface area (Å²) in [4.78, 5) is 8.76. The smallest absolute Gasteiger partial charge is 0.426 e. The summed E-state index contributed by atoms with van der Waals surface area (Å²) in [5.74, 6) is -8.44. The molecule has 0 amide bonds. The molecule has 0 aliphatic heterocycles. The molecule has 0 saturated heterocycles. The van der Waals surface area contributed by atoms with Crippen LogP contribution >= 0.6 is 0 Å². The molecular weight excluding hydrogens is 1120 g/mol. The largest absolute Gasteiger partial charge is 0.501 e. The molecule has 0 fully saturated rings. The van der Waals surface area contributed by atoms with Crippen molar-refractivity contribution in [2.24, 2.45) is 0 Å². The van der Waals surface area contributed by atoms with Gasteiger partial charge in [0.05, 0.1) is 0 Å². The normalized spacial score (nSPS) is 11.8. The predicted octanol–water partition coefficient (Wildman–Crippen LogP) is 11.8. The minimum absolute atomic E-state index is 0.123. The number of diazo groups is 4. The molecule has 0 heterocycles. The van der Waals surface area contributed by atoms with E-state index in [0.29, 0.717) is 0 Å². The van der Waals surface area contributed by atoms with Gasteiger partial charge in [-0.2, -0.15) is 33.7 Å². The van der Waals surface area contributed by atoms with Crippen LogP contribution in [0.15, 0.2) is 177 Å². The highest BCUT2D eigenvalue weighted by atomic mass is 32.2. The van der Waals surface area contributed by atoms with Crippen molar-refractivity contribution in [2.45, 2.75) is 19.6 Å². The molecule has 10 aromatic carbocycles. The van der Waals surface area contributed by atoms with Crippen molar-refractivity contribution in [1.82, 2.24) is 0 Å². The van der Waals surface area contributed by atoms with Crippen LogP contribution < -0.4 is 16.7 Å². The lowest BCUT2D eigenvalue weighted by molar-refractivity contribution is 0.414. The molecule has 80 heavy (non-hydrogen) atoms. The molecule has 0 unspecified atom stereocenters. The van der Waals surface area contributed by atoms with Crippen LogP contribution in [0.1, 0.15) is 0 Å². The van der Waals surface area contributed by atoms with Crippen LogP contribution in [0, 0.1) is 21.6 Å². The predicted molar refractivity (Wildman–Crippen MR) is 285 cm³/mol. The van der Waals surface area contributed by atoms with E-state index in [9.17, 15) is 50.4 Å². The molecule has 24 nitrogen and oxygen atoms in total. The topological polar surface area (TPSA) is 367 Å². The van der Waals surface area contributed by atoms with Gasteiger partial charge in [-0.15, -0.1) is 0 Å². The standard InChI is InChI=1S/C52H26N8O16S4/c53-57-37-22-18-28-32(46(37)61)10-4-14-42(28)77(65,66)73-41-26-36(27-8-2-1-3-9-27)50(74-78(67,68)43-15-5-11-33-29(43)19-23-38(58-54)47(33)62)52(76-80(71,72)45-17-7-13-35-31(45)21-25-40(60-56)49(35)64)51(41)75-79(69,70)44-16-6-12-34-30(44)20-24-39(59-55)48(34)63/h1-26H/p+4. The van der Waals surface area contributed by atoms with E-state index < -0.39 is 123 Å². The van der Waals surface area contributed by atoms with Crippen molar-refractivity contribution in [2.75, 3.05) is 0 Å². The minimum atomic E-state index is -5.66. The molecule has 0 aliphatic rings. The Morgan fingerprint density at radius 2 is 0.613 bits per heavy atom. The third-order valence-electron chi connectivity index (χ3n) is 12.4. The van der Waals surface area contributed by atoms with E-state index in [1.165, 1.54) is 54.6 Å². The van der Waals surface area contributed by atoms with Crippen LogP contribution in [0.25, 0.3) is 74.1 Å². The Morgan fingerprint density at radius 1 is 0.312 bits per heavy atom. The Bertz CT molecular complexity index is 5020. The van der Waals surface area contributed by atoms with E-state index in [-0.39, 0.29) is 60.0 Å². The van der Waals surface area contributed by atoms with Gasteiger partial charge in [0, 0.05) is 72.9 Å². The molecule has 0 aliphatic carbocycles. The SMILES string of the molecule is N#[N+]c1ccc2c(S(=O)(=O)Oc3cc(-c4ccccc4)c(OS(=O)(=O)c4cccc5c(O)c([N+]#N)ccc45)c(OS(=O)(=O)c4cccc5c(O)c([N+]#N)ccc45)c3OS(=O)(=O)c3cccc4c(O)c([N+]#N)ccc34)cccc2c1O. The number of phenolic OH excluding ortho intramolecular Hbond substituents is 4. The molecule has 0 spiro atoms. The Balaban J connectivity index is 1.32. The number of nitrogens with zero attached hydrogens (tertiary/aromatic N) is 8. The first-order chi connectivity index (χ1) is 38.1. The second-order valence-electron chi connectivity index (χ2n) is 17.0. The van der Waals surface area contributed by atoms with Gasteiger partial charge < -0.3 is 37.2 Å². The molecule has 0 saturated carbocycles. The van der Waals surface area contributed by atoms with Crippen molar-refractivity contribution in [3.05, 3.63) is 178 Å². The number of fused-ring (bicyclic) bond motifs is 4. The average molecular weight is 1150 g/mol. The van der Waals surface area contributed by atoms with Crippen LogP contribution in [0.2, 0.25) is 0 Å². The maximum atomic E-state index is 15.2. The number of aromatic hydroxyl groups is 4. The highest BCUT2D eigenvalue weighted by Crippen LogP contribution is 2.55. The molecule has 10 rings (SSSR count). The highest BCUT2D eigenvalue weighted by Gasteiger charge is 2.39. The van der Waals surface area contributed by atoms with E-state index in [1.54, 1.807) is 0 Å².